The van der Waals surface area contributed by atoms with Gasteiger partial charge in [-0.2, -0.15) is 0 Å². The van der Waals surface area contributed by atoms with E-state index in [4.69, 9.17) is 9.84 Å². The number of carbonyl (C=O) groups excluding carboxylic acids is 2. The molecule has 0 aliphatic carbocycles. The van der Waals surface area contributed by atoms with Gasteiger partial charge in [0.2, 0.25) is 0 Å². The number of hydrogen-bond acceptors (Lipinski definition) is 6. The molecule has 0 fully saturated rings. The normalized spacial score (nSPS) is 10.4. The number of hydrogen-bond donors (Lipinski definition) is 1. The standard InChI is InChI=1S/C25H34O6/c1-29-24(27)16-9-4-3-7-11-20-31-23-15-12-14-21(13-8-5-6-10-19-26)22(23)17-18-25(28)30-2/h12,14-15,17-18,26H,3-7,9-11,16,19-20H2,1-2H3. The van der Waals surface area contributed by atoms with Crippen molar-refractivity contribution in [2.24, 2.45) is 0 Å². The molecular formula is C25H34O6. The van der Waals surface area contributed by atoms with E-state index in [1.165, 1.54) is 20.3 Å². The third-order valence-corrected chi connectivity index (χ3v) is 4.60. The van der Waals surface area contributed by atoms with Crippen LogP contribution in [-0.4, -0.2) is 44.5 Å². The first-order valence-corrected chi connectivity index (χ1v) is 10.8. The average molecular weight is 431 g/mol. The molecule has 1 aromatic rings. The van der Waals surface area contributed by atoms with Gasteiger partial charge in [0.25, 0.3) is 0 Å². The lowest BCUT2D eigenvalue weighted by molar-refractivity contribution is -0.140. The van der Waals surface area contributed by atoms with Crippen molar-refractivity contribution in [3.63, 3.8) is 0 Å². The molecule has 0 bridgehead atoms. The van der Waals surface area contributed by atoms with E-state index in [9.17, 15) is 9.59 Å². The lowest BCUT2D eigenvalue weighted by Crippen LogP contribution is -2.01. The Balaban J connectivity index is 2.64. The number of ether oxygens (including phenoxy) is 3. The van der Waals surface area contributed by atoms with Crippen LogP contribution in [0.1, 0.15) is 68.9 Å². The van der Waals surface area contributed by atoms with Crippen LogP contribution in [0.15, 0.2) is 24.3 Å². The van der Waals surface area contributed by atoms with E-state index in [0.717, 1.165) is 56.1 Å². The van der Waals surface area contributed by atoms with E-state index in [-0.39, 0.29) is 12.6 Å². The quantitative estimate of drug-likeness (QED) is 0.205. The van der Waals surface area contributed by atoms with Gasteiger partial charge in [-0.15, -0.1) is 0 Å². The highest BCUT2D eigenvalue weighted by molar-refractivity contribution is 5.88. The zero-order valence-corrected chi connectivity index (χ0v) is 18.7. The Labute approximate surface area is 185 Å². The number of rotatable bonds is 14. The highest BCUT2D eigenvalue weighted by Crippen LogP contribution is 2.24. The number of methoxy groups -OCH3 is 2. The minimum atomic E-state index is -0.441. The molecule has 0 heterocycles. The molecule has 0 saturated carbocycles. The fourth-order valence-electron chi connectivity index (χ4n) is 2.84. The summed E-state index contributed by atoms with van der Waals surface area (Å²) in [7, 11) is 2.74. The molecule has 0 unspecified atom stereocenters. The van der Waals surface area contributed by atoms with Crippen molar-refractivity contribution in [1.29, 1.82) is 0 Å². The summed E-state index contributed by atoms with van der Waals surface area (Å²) in [4.78, 5) is 22.6. The Morgan fingerprint density at radius 2 is 1.77 bits per heavy atom. The van der Waals surface area contributed by atoms with Gasteiger partial charge < -0.3 is 19.3 Å². The third-order valence-electron chi connectivity index (χ3n) is 4.60. The fraction of sp³-hybridized carbons (Fsp3) is 0.520. The topological polar surface area (TPSA) is 82.1 Å². The number of unbranched alkanes of at least 4 members (excludes halogenated alkanes) is 6. The number of aliphatic hydroxyl groups is 1. The molecule has 0 spiro atoms. The zero-order valence-electron chi connectivity index (χ0n) is 18.7. The van der Waals surface area contributed by atoms with E-state index < -0.39 is 5.97 Å². The molecule has 6 nitrogen and oxygen atoms in total. The van der Waals surface area contributed by atoms with Crippen LogP contribution in [-0.2, 0) is 19.1 Å². The lowest BCUT2D eigenvalue weighted by Gasteiger charge is -2.11. The minimum Gasteiger partial charge on any atom is -0.493 e. The first-order chi connectivity index (χ1) is 15.1. The molecule has 0 amide bonds. The molecule has 1 aromatic carbocycles. The molecule has 1 N–H and O–H groups in total. The zero-order chi connectivity index (χ0) is 22.7. The monoisotopic (exact) mass is 430 g/mol. The number of carbonyl (C=O) groups is 2. The van der Waals surface area contributed by atoms with Crippen LogP contribution in [0.4, 0.5) is 0 Å². The van der Waals surface area contributed by atoms with Crippen LogP contribution in [0.3, 0.4) is 0 Å². The summed E-state index contributed by atoms with van der Waals surface area (Å²) in [5, 5.41) is 8.87. The van der Waals surface area contributed by atoms with Crippen molar-refractivity contribution >= 4 is 18.0 Å². The highest BCUT2D eigenvalue weighted by atomic mass is 16.5. The van der Waals surface area contributed by atoms with Gasteiger partial charge >= 0.3 is 11.9 Å². The molecule has 0 saturated heterocycles. The van der Waals surface area contributed by atoms with Crippen molar-refractivity contribution in [3.05, 3.63) is 35.4 Å². The van der Waals surface area contributed by atoms with Gasteiger partial charge in [0.05, 0.1) is 20.8 Å². The first kappa shape index (κ1) is 26.3. The van der Waals surface area contributed by atoms with Gasteiger partial charge in [-0.05, 0) is 43.9 Å². The number of benzene rings is 1. The van der Waals surface area contributed by atoms with Gasteiger partial charge in [0.15, 0.2) is 0 Å². The second-order valence-corrected chi connectivity index (χ2v) is 7.00. The van der Waals surface area contributed by atoms with Crippen LogP contribution in [0, 0.1) is 11.8 Å². The maximum atomic E-state index is 11.5. The largest absolute Gasteiger partial charge is 0.493 e. The van der Waals surface area contributed by atoms with Gasteiger partial charge in [0.1, 0.15) is 5.75 Å². The second-order valence-electron chi connectivity index (χ2n) is 7.00. The Morgan fingerprint density at radius 1 is 1.00 bits per heavy atom. The van der Waals surface area contributed by atoms with Crippen LogP contribution in [0.5, 0.6) is 5.75 Å². The van der Waals surface area contributed by atoms with E-state index >= 15 is 0 Å². The van der Waals surface area contributed by atoms with Crippen molar-refractivity contribution < 1.29 is 28.9 Å². The Kier molecular flexibility index (Phi) is 14.4. The average Bonchev–Trinajstić information content (AvgIpc) is 2.79. The van der Waals surface area contributed by atoms with E-state index in [1.54, 1.807) is 6.08 Å². The molecule has 6 heteroatoms. The van der Waals surface area contributed by atoms with E-state index in [2.05, 4.69) is 21.3 Å². The molecule has 1 rings (SSSR count). The van der Waals surface area contributed by atoms with E-state index in [1.807, 2.05) is 18.2 Å². The number of esters is 2. The number of aliphatic hydroxyl groups excluding tert-OH is 1. The molecule has 0 aromatic heterocycles. The molecular weight excluding hydrogens is 396 g/mol. The SMILES string of the molecule is COC(=O)C=Cc1c(C#CCCCCO)cccc1OCCCCCCCC(=O)OC. The Bertz CT molecular complexity index is 757. The maximum Gasteiger partial charge on any atom is 0.330 e. The summed E-state index contributed by atoms with van der Waals surface area (Å²) in [6.45, 7) is 0.729. The maximum absolute atomic E-state index is 11.5. The molecule has 0 atom stereocenters. The molecule has 170 valence electrons. The van der Waals surface area contributed by atoms with Gasteiger partial charge in [-0.1, -0.05) is 37.2 Å². The Morgan fingerprint density at radius 3 is 2.52 bits per heavy atom. The predicted molar refractivity (Wildman–Crippen MR) is 121 cm³/mol. The van der Waals surface area contributed by atoms with Crippen molar-refractivity contribution in [2.75, 3.05) is 27.4 Å². The second kappa shape index (κ2) is 17.0. The fourth-order valence-corrected chi connectivity index (χ4v) is 2.84. The molecule has 31 heavy (non-hydrogen) atoms. The van der Waals surface area contributed by atoms with Gasteiger partial charge in [-0.25, -0.2) is 4.79 Å². The molecule has 0 aliphatic heterocycles. The Hall–Kier alpha value is -2.78. The van der Waals surface area contributed by atoms with Gasteiger partial charge in [-0.3, -0.25) is 4.79 Å². The summed E-state index contributed by atoms with van der Waals surface area (Å²) >= 11 is 0. The summed E-state index contributed by atoms with van der Waals surface area (Å²) < 4.78 is 15.3. The van der Waals surface area contributed by atoms with Gasteiger partial charge in [0, 0.05) is 36.7 Å². The van der Waals surface area contributed by atoms with E-state index in [0.29, 0.717) is 25.2 Å². The van der Waals surface area contributed by atoms with Crippen LogP contribution >= 0.6 is 0 Å². The highest BCUT2D eigenvalue weighted by Gasteiger charge is 2.07. The van der Waals surface area contributed by atoms with Crippen LogP contribution in [0.2, 0.25) is 0 Å². The van der Waals surface area contributed by atoms with Crippen molar-refractivity contribution in [2.45, 2.75) is 57.8 Å². The van der Waals surface area contributed by atoms with Crippen LogP contribution < -0.4 is 4.74 Å². The summed E-state index contributed by atoms with van der Waals surface area (Å²) in [6, 6.07) is 5.64. The minimum absolute atomic E-state index is 0.160. The smallest absolute Gasteiger partial charge is 0.330 e. The summed E-state index contributed by atoms with van der Waals surface area (Å²) in [5.74, 6) is 6.33. The predicted octanol–water partition coefficient (Wildman–Crippen LogP) is 4.28. The van der Waals surface area contributed by atoms with Crippen molar-refractivity contribution in [1.82, 2.24) is 0 Å². The van der Waals surface area contributed by atoms with Crippen molar-refractivity contribution in [3.8, 4) is 17.6 Å². The third kappa shape index (κ3) is 11.9. The van der Waals surface area contributed by atoms with Crippen LogP contribution in [0.25, 0.3) is 6.08 Å². The first-order valence-electron chi connectivity index (χ1n) is 10.8. The summed E-state index contributed by atoms with van der Waals surface area (Å²) in [5.41, 5.74) is 1.53. The lowest BCUT2D eigenvalue weighted by atomic mass is 10.1. The molecule has 0 radical (unpaired) electrons. The molecule has 0 aliphatic rings. The summed E-state index contributed by atoms with van der Waals surface area (Å²) in [6.07, 6.45) is 10.6.